The van der Waals surface area contributed by atoms with Crippen molar-refractivity contribution in [3.63, 3.8) is 0 Å². The van der Waals surface area contributed by atoms with Crippen molar-refractivity contribution in [2.24, 2.45) is 0 Å². The van der Waals surface area contributed by atoms with Gasteiger partial charge in [0.2, 0.25) is 0 Å². The minimum absolute atomic E-state index is 0. The normalized spacial score (nSPS) is 18.1. The molecule has 0 unspecified atom stereocenters. The predicted molar refractivity (Wildman–Crippen MR) is 78.0 cm³/mol. The Labute approximate surface area is 132 Å². The van der Waals surface area contributed by atoms with E-state index in [1.807, 2.05) is 4.90 Å². The van der Waals surface area contributed by atoms with Crippen LogP contribution in [0.2, 0.25) is 5.02 Å². The van der Waals surface area contributed by atoms with Gasteiger partial charge in [0.1, 0.15) is 0 Å². The Morgan fingerprint density at radius 1 is 1.24 bits per heavy atom. The molecule has 0 radical (unpaired) electrons. The molecular formula is C13H17Cl2F3N2O. The van der Waals surface area contributed by atoms with E-state index >= 15 is 0 Å². The van der Waals surface area contributed by atoms with Gasteiger partial charge in [-0.3, -0.25) is 4.90 Å². The SMILES string of the molecule is Cl.OC[C@@H](c1cc(Cl)cc(C(F)(F)F)c1)N1CCNCC1. The Kier molecular flexibility index (Phi) is 6.74. The Hall–Kier alpha value is -0.530. The van der Waals surface area contributed by atoms with Gasteiger partial charge in [0.25, 0.3) is 0 Å². The van der Waals surface area contributed by atoms with Crippen molar-refractivity contribution in [3.8, 4) is 0 Å². The lowest BCUT2D eigenvalue weighted by molar-refractivity contribution is -0.137. The zero-order valence-corrected chi connectivity index (χ0v) is 12.7. The lowest BCUT2D eigenvalue weighted by Gasteiger charge is -2.34. The second-order valence-corrected chi connectivity index (χ2v) is 5.19. The number of hydrogen-bond acceptors (Lipinski definition) is 3. The van der Waals surface area contributed by atoms with Crippen LogP contribution in [-0.2, 0) is 6.18 Å². The third-order valence-electron chi connectivity index (χ3n) is 3.40. The molecule has 0 aromatic heterocycles. The fraction of sp³-hybridized carbons (Fsp3) is 0.538. The minimum Gasteiger partial charge on any atom is -0.394 e. The van der Waals surface area contributed by atoms with Gasteiger partial charge < -0.3 is 10.4 Å². The summed E-state index contributed by atoms with van der Waals surface area (Å²) in [4.78, 5) is 1.96. The molecule has 0 bridgehead atoms. The first kappa shape index (κ1) is 18.5. The van der Waals surface area contributed by atoms with Crippen molar-refractivity contribution in [3.05, 3.63) is 34.3 Å². The largest absolute Gasteiger partial charge is 0.416 e. The molecule has 120 valence electrons. The molecule has 1 aromatic rings. The van der Waals surface area contributed by atoms with Crippen molar-refractivity contribution in [2.45, 2.75) is 12.2 Å². The smallest absolute Gasteiger partial charge is 0.394 e. The van der Waals surface area contributed by atoms with Gasteiger partial charge in [-0.15, -0.1) is 12.4 Å². The highest BCUT2D eigenvalue weighted by Gasteiger charge is 2.32. The number of alkyl halides is 3. The lowest BCUT2D eigenvalue weighted by Crippen LogP contribution is -2.46. The molecule has 1 aromatic carbocycles. The quantitative estimate of drug-likeness (QED) is 0.884. The van der Waals surface area contributed by atoms with E-state index < -0.39 is 17.8 Å². The highest BCUT2D eigenvalue weighted by atomic mass is 35.5. The third-order valence-corrected chi connectivity index (χ3v) is 3.62. The molecule has 1 heterocycles. The summed E-state index contributed by atoms with van der Waals surface area (Å²) in [6, 6.07) is 2.99. The molecule has 0 spiro atoms. The van der Waals surface area contributed by atoms with Crippen LogP contribution >= 0.6 is 24.0 Å². The Morgan fingerprint density at radius 3 is 2.38 bits per heavy atom. The molecule has 0 aliphatic carbocycles. The Balaban J connectivity index is 0.00000220. The van der Waals surface area contributed by atoms with E-state index in [0.29, 0.717) is 18.7 Å². The van der Waals surface area contributed by atoms with Gasteiger partial charge in [-0.2, -0.15) is 13.2 Å². The highest BCUT2D eigenvalue weighted by Crippen LogP contribution is 2.34. The number of benzene rings is 1. The van der Waals surface area contributed by atoms with E-state index in [2.05, 4.69) is 5.32 Å². The van der Waals surface area contributed by atoms with Crippen LogP contribution in [0.4, 0.5) is 13.2 Å². The van der Waals surface area contributed by atoms with Crippen molar-refractivity contribution in [1.82, 2.24) is 10.2 Å². The zero-order valence-electron chi connectivity index (χ0n) is 11.2. The van der Waals surface area contributed by atoms with Gasteiger partial charge in [0.15, 0.2) is 0 Å². The Morgan fingerprint density at radius 2 is 1.86 bits per heavy atom. The summed E-state index contributed by atoms with van der Waals surface area (Å²) in [6.07, 6.45) is -4.44. The summed E-state index contributed by atoms with van der Waals surface area (Å²) < 4.78 is 38.4. The van der Waals surface area contributed by atoms with Crippen LogP contribution in [0.3, 0.4) is 0 Å². The van der Waals surface area contributed by atoms with Crippen molar-refractivity contribution in [2.75, 3.05) is 32.8 Å². The van der Waals surface area contributed by atoms with Crippen molar-refractivity contribution < 1.29 is 18.3 Å². The van der Waals surface area contributed by atoms with Crippen LogP contribution in [0.25, 0.3) is 0 Å². The average molecular weight is 345 g/mol. The minimum atomic E-state index is -4.44. The number of hydrogen-bond donors (Lipinski definition) is 2. The molecular weight excluding hydrogens is 328 g/mol. The van der Waals surface area contributed by atoms with Crippen LogP contribution in [0, 0.1) is 0 Å². The van der Waals surface area contributed by atoms with Crippen LogP contribution in [0.15, 0.2) is 18.2 Å². The lowest BCUT2D eigenvalue weighted by atomic mass is 10.0. The molecule has 1 aliphatic rings. The number of halogens is 5. The number of piperazine rings is 1. The average Bonchev–Trinajstić information content (AvgIpc) is 2.39. The van der Waals surface area contributed by atoms with Crippen molar-refractivity contribution >= 4 is 24.0 Å². The molecule has 8 heteroatoms. The number of aliphatic hydroxyl groups is 1. The fourth-order valence-electron chi connectivity index (χ4n) is 2.39. The first-order chi connectivity index (χ1) is 9.41. The maximum absolute atomic E-state index is 12.8. The first-order valence-corrected chi connectivity index (χ1v) is 6.73. The molecule has 1 saturated heterocycles. The number of rotatable bonds is 3. The zero-order chi connectivity index (χ0) is 14.8. The van der Waals surface area contributed by atoms with Gasteiger partial charge in [0.05, 0.1) is 18.2 Å². The molecule has 21 heavy (non-hydrogen) atoms. The van der Waals surface area contributed by atoms with E-state index in [4.69, 9.17) is 11.6 Å². The van der Waals surface area contributed by atoms with Gasteiger partial charge in [0, 0.05) is 31.2 Å². The van der Waals surface area contributed by atoms with E-state index in [1.54, 1.807) is 0 Å². The molecule has 1 fully saturated rings. The summed E-state index contributed by atoms with van der Waals surface area (Å²) in [5.74, 6) is 0. The van der Waals surface area contributed by atoms with Gasteiger partial charge in [-0.1, -0.05) is 11.6 Å². The monoisotopic (exact) mass is 344 g/mol. The molecule has 1 aliphatic heterocycles. The highest BCUT2D eigenvalue weighted by molar-refractivity contribution is 6.30. The van der Waals surface area contributed by atoms with Crippen LogP contribution in [-0.4, -0.2) is 42.8 Å². The van der Waals surface area contributed by atoms with Gasteiger partial charge in [-0.25, -0.2) is 0 Å². The fourth-order valence-corrected chi connectivity index (χ4v) is 2.64. The van der Waals surface area contributed by atoms with E-state index in [9.17, 15) is 18.3 Å². The topological polar surface area (TPSA) is 35.5 Å². The van der Waals surface area contributed by atoms with Gasteiger partial charge >= 0.3 is 6.18 Å². The van der Waals surface area contributed by atoms with Crippen LogP contribution < -0.4 is 5.32 Å². The molecule has 0 amide bonds. The summed E-state index contributed by atoms with van der Waals surface area (Å²) in [7, 11) is 0. The summed E-state index contributed by atoms with van der Waals surface area (Å²) in [5, 5.41) is 12.7. The standard InChI is InChI=1S/C13H16ClF3N2O.ClH/c14-11-6-9(5-10(7-11)13(15,16)17)12(8-20)19-3-1-18-2-4-19;/h5-7,12,18,20H,1-4,8H2;1H/t12-;/m0./s1. The summed E-state index contributed by atoms with van der Waals surface area (Å²) in [5.41, 5.74) is -0.386. The second kappa shape index (κ2) is 7.65. The maximum atomic E-state index is 12.8. The second-order valence-electron chi connectivity index (χ2n) is 4.76. The molecule has 2 rings (SSSR count). The molecule has 2 N–H and O–H groups in total. The maximum Gasteiger partial charge on any atom is 0.416 e. The van der Waals surface area contributed by atoms with Crippen LogP contribution in [0.1, 0.15) is 17.2 Å². The number of nitrogens with zero attached hydrogens (tertiary/aromatic N) is 1. The Bertz CT molecular complexity index is 465. The molecule has 3 nitrogen and oxygen atoms in total. The molecule has 1 atom stereocenters. The third kappa shape index (κ3) is 4.72. The summed E-state index contributed by atoms with van der Waals surface area (Å²) in [6.45, 7) is 2.63. The summed E-state index contributed by atoms with van der Waals surface area (Å²) >= 11 is 5.78. The van der Waals surface area contributed by atoms with Crippen molar-refractivity contribution in [1.29, 1.82) is 0 Å². The number of aliphatic hydroxyl groups excluding tert-OH is 1. The predicted octanol–water partition coefficient (Wildman–Crippen LogP) is 2.72. The van der Waals surface area contributed by atoms with E-state index in [0.717, 1.165) is 25.2 Å². The van der Waals surface area contributed by atoms with Gasteiger partial charge in [-0.05, 0) is 23.8 Å². The number of nitrogens with one attached hydrogen (secondary N) is 1. The van der Waals surface area contributed by atoms with E-state index in [1.165, 1.54) is 6.07 Å². The van der Waals surface area contributed by atoms with Crippen LogP contribution in [0.5, 0.6) is 0 Å². The first-order valence-electron chi connectivity index (χ1n) is 6.35. The van der Waals surface area contributed by atoms with E-state index in [-0.39, 0.29) is 24.0 Å². The molecule has 0 saturated carbocycles.